The Labute approximate surface area is 149 Å². The molecule has 0 unspecified atom stereocenters. The minimum atomic E-state index is -0.464. The Balaban J connectivity index is 2.23. The van der Waals surface area contributed by atoms with Crippen molar-refractivity contribution < 1.29 is 23.4 Å². The summed E-state index contributed by atoms with van der Waals surface area (Å²) in [4.78, 5) is 11.4. The molecule has 0 aliphatic heterocycles. The second-order valence-electron chi connectivity index (χ2n) is 4.99. The number of carbonyl (C=O) groups is 1. The van der Waals surface area contributed by atoms with Gasteiger partial charge >= 0.3 is 0 Å². The summed E-state index contributed by atoms with van der Waals surface area (Å²) in [5.74, 6) is 0.0211. The number of hydrogen-bond acceptors (Lipinski definition) is 5. The van der Waals surface area contributed by atoms with Gasteiger partial charge < -0.3 is 25.3 Å². The average molecular weight is 369 g/mol. The standard InChI is InChI=1S/C17H18ClFN2O4/c1-21-17(22)9-25-15-6-11(18)13(20)7-16(15)24-8-10-12(19)4-3-5-14(10)23-2/h3-7H,8-9,20H2,1-2H3,(H,21,22). The number of anilines is 1. The van der Waals surface area contributed by atoms with Gasteiger partial charge in [-0.05, 0) is 12.1 Å². The molecule has 0 fully saturated rings. The number of rotatable bonds is 7. The number of methoxy groups -OCH3 is 1. The van der Waals surface area contributed by atoms with Crippen LogP contribution in [0.4, 0.5) is 10.1 Å². The summed E-state index contributed by atoms with van der Waals surface area (Å²) < 4.78 is 30.2. The van der Waals surface area contributed by atoms with E-state index in [9.17, 15) is 9.18 Å². The molecule has 0 saturated heterocycles. The van der Waals surface area contributed by atoms with Gasteiger partial charge in [0.1, 0.15) is 18.2 Å². The van der Waals surface area contributed by atoms with Gasteiger partial charge in [0.2, 0.25) is 0 Å². The lowest BCUT2D eigenvalue weighted by atomic mass is 10.2. The van der Waals surface area contributed by atoms with Crippen molar-refractivity contribution in [1.82, 2.24) is 5.32 Å². The first kappa shape index (κ1) is 18.7. The van der Waals surface area contributed by atoms with E-state index in [1.807, 2.05) is 0 Å². The lowest BCUT2D eigenvalue weighted by molar-refractivity contribution is -0.122. The topological polar surface area (TPSA) is 82.8 Å². The number of halogens is 2. The Kier molecular flexibility index (Phi) is 6.30. The molecule has 0 spiro atoms. The molecule has 8 heteroatoms. The summed E-state index contributed by atoms with van der Waals surface area (Å²) >= 11 is 5.98. The van der Waals surface area contributed by atoms with Crippen LogP contribution >= 0.6 is 11.6 Å². The Bertz CT molecular complexity index is 771. The maximum atomic E-state index is 14.0. The summed E-state index contributed by atoms with van der Waals surface area (Å²) in [7, 11) is 2.93. The first-order valence-electron chi connectivity index (χ1n) is 7.32. The third-order valence-electron chi connectivity index (χ3n) is 3.37. The molecule has 1 amide bonds. The van der Waals surface area contributed by atoms with E-state index < -0.39 is 5.82 Å². The van der Waals surface area contributed by atoms with Gasteiger partial charge in [0.05, 0.1) is 23.4 Å². The summed E-state index contributed by atoms with van der Waals surface area (Å²) in [6, 6.07) is 7.36. The van der Waals surface area contributed by atoms with Gasteiger partial charge in [-0.1, -0.05) is 17.7 Å². The highest BCUT2D eigenvalue weighted by Gasteiger charge is 2.14. The normalized spacial score (nSPS) is 10.2. The molecule has 3 N–H and O–H groups in total. The van der Waals surface area contributed by atoms with Crippen molar-refractivity contribution in [3.05, 3.63) is 46.7 Å². The van der Waals surface area contributed by atoms with Crippen LogP contribution in [0.25, 0.3) is 0 Å². The number of benzene rings is 2. The molecular weight excluding hydrogens is 351 g/mol. The fourth-order valence-electron chi connectivity index (χ4n) is 2.01. The van der Waals surface area contributed by atoms with Crippen molar-refractivity contribution >= 4 is 23.2 Å². The predicted octanol–water partition coefficient (Wildman–Crippen LogP) is 2.77. The third kappa shape index (κ3) is 4.67. The zero-order chi connectivity index (χ0) is 18.4. The monoisotopic (exact) mass is 368 g/mol. The molecule has 2 aromatic rings. The van der Waals surface area contributed by atoms with E-state index in [1.165, 1.54) is 38.4 Å². The van der Waals surface area contributed by atoms with Gasteiger partial charge in [-0.2, -0.15) is 0 Å². The highest BCUT2D eigenvalue weighted by molar-refractivity contribution is 6.33. The highest BCUT2D eigenvalue weighted by atomic mass is 35.5. The smallest absolute Gasteiger partial charge is 0.257 e. The molecule has 0 heterocycles. The van der Waals surface area contributed by atoms with Gasteiger partial charge in [-0.3, -0.25) is 4.79 Å². The second kappa shape index (κ2) is 8.43. The predicted molar refractivity (Wildman–Crippen MR) is 92.7 cm³/mol. The zero-order valence-corrected chi connectivity index (χ0v) is 14.5. The molecule has 0 bridgehead atoms. The molecule has 0 aromatic heterocycles. The molecule has 0 atom stereocenters. The van der Waals surface area contributed by atoms with Gasteiger partial charge in [0, 0.05) is 19.2 Å². The van der Waals surface area contributed by atoms with E-state index in [1.54, 1.807) is 6.07 Å². The van der Waals surface area contributed by atoms with Crippen LogP contribution < -0.4 is 25.3 Å². The summed E-state index contributed by atoms with van der Waals surface area (Å²) in [5, 5.41) is 2.69. The molecule has 134 valence electrons. The average Bonchev–Trinajstić information content (AvgIpc) is 2.61. The molecule has 6 nitrogen and oxygen atoms in total. The maximum Gasteiger partial charge on any atom is 0.257 e. The minimum Gasteiger partial charge on any atom is -0.496 e. The number of hydrogen-bond donors (Lipinski definition) is 2. The van der Waals surface area contributed by atoms with Crippen molar-refractivity contribution in [1.29, 1.82) is 0 Å². The quantitative estimate of drug-likeness (QED) is 0.734. The summed E-state index contributed by atoms with van der Waals surface area (Å²) in [6.07, 6.45) is 0. The SMILES string of the molecule is CNC(=O)COc1cc(Cl)c(N)cc1OCc1c(F)cccc1OC. The molecule has 25 heavy (non-hydrogen) atoms. The van der Waals surface area contributed by atoms with Crippen LogP contribution in [0.1, 0.15) is 5.56 Å². The second-order valence-corrected chi connectivity index (χ2v) is 5.40. The lowest BCUT2D eigenvalue weighted by Gasteiger charge is -2.15. The van der Waals surface area contributed by atoms with E-state index in [0.717, 1.165) is 0 Å². The van der Waals surface area contributed by atoms with E-state index in [-0.39, 0.29) is 46.9 Å². The Morgan fingerprint density at radius 2 is 1.96 bits per heavy atom. The number of amides is 1. The summed E-state index contributed by atoms with van der Waals surface area (Å²) in [5.41, 5.74) is 6.30. The van der Waals surface area contributed by atoms with Gasteiger partial charge in [0.15, 0.2) is 18.1 Å². The van der Waals surface area contributed by atoms with Crippen LogP contribution in [-0.4, -0.2) is 26.7 Å². The van der Waals surface area contributed by atoms with Crippen molar-refractivity contribution in [3.8, 4) is 17.2 Å². The number of nitrogen functional groups attached to an aromatic ring is 1. The van der Waals surface area contributed by atoms with Crippen molar-refractivity contribution in [2.45, 2.75) is 6.61 Å². The van der Waals surface area contributed by atoms with E-state index in [2.05, 4.69) is 5.32 Å². The molecule has 2 rings (SSSR count). The highest BCUT2D eigenvalue weighted by Crippen LogP contribution is 2.36. The number of ether oxygens (including phenoxy) is 3. The first-order valence-corrected chi connectivity index (χ1v) is 7.70. The first-order chi connectivity index (χ1) is 12.0. The zero-order valence-electron chi connectivity index (χ0n) is 13.8. The fourth-order valence-corrected chi connectivity index (χ4v) is 2.17. The van der Waals surface area contributed by atoms with Crippen LogP contribution in [0.5, 0.6) is 17.2 Å². The number of nitrogens with two attached hydrogens (primary N) is 1. The molecule has 0 aliphatic rings. The van der Waals surface area contributed by atoms with E-state index in [4.69, 9.17) is 31.5 Å². The van der Waals surface area contributed by atoms with Crippen LogP contribution in [0, 0.1) is 5.82 Å². The Morgan fingerprint density at radius 1 is 1.24 bits per heavy atom. The van der Waals surface area contributed by atoms with E-state index >= 15 is 0 Å². The maximum absolute atomic E-state index is 14.0. The molecule has 0 radical (unpaired) electrons. The number of likely N-dealkylation sites (N-methyl/N-ethyl adjacent to an activating group) is 1. The minimum absolute atomic E-state index is 0.118. The number of carbonyl (C=O) groups excluding carboxylic acids is 1. The molecule has 0 aliphatic carbocycles. The molecular formula is C17H18ClFN2O4. The lowest BCUT2D eigenvalue weighted by Crippen LogP contribution is -2.25. The van der Waals surface area contributed by atoms with Crippen LogP contribution in [0.3, 0.4) is 0 Å². The molecule has 2 aromatic carbocycles. The largest absolute Gasteiger partial charge is 0.496 e. The van der Waals surface area contributed by atoms with Crippen molar-refractivity contribution in [2.24, 2.45) is 0 Å². The molecule has 0 saturated carbocycles. The Morgan fingerprint density at radius 3 is 2.64 bits per heavy atom. The van der Waals surface area contributed by atoms with E-state index in [0.29, 0.717) is 5.75 Å². The fraction of sp³-hybridized carbons (Fsp3) is 0.235. The van der Waals surface area contributed by atoms with Gasteiger partial charge in [-0.25, -0.2) is 4.39 Å². The van der Waals surface area contributed by atoms with Crippen LogP contribution in [0.15, 0.2) is 30.3 Å². The van der Waals surface area contributed by atoms with Crippen LogP contribution in [-0.2, 0) is 11.4 Å². The van der Waals surface area contributed by atoms with Gasteiger partial charge in [-0.15, -0.1) is 0 Å². The third-order valence-corrected chi connectivity index (χ3v) is 3.70. The summed E-state index contributed by atoms with van der Waals surface area (Å²) in [6.45, 7) is -0.344. The van der Waals surface area contributed by atoms with Crippen molar-refractivity contribution in [3.63, 3.8) is 0 Å². The van der Waals surface area contributed by atoms with Gasteiger partial charge in [0.25, 0.3) is 5.91 Å². The Hall–Kier alpha value is -2.67. The van der Waals surface area contributed by atoms with Crippen LogP contribution in [0.2, 0.25) is 5.02 Å². The van der Waals surface area contributed by atoms with Crippen molar-refractivity contribution in [2.75, 3.05) is 26.5 Å². The number of nitrogens with one attached hydrogen (secondary N) is 1.